The molecule has 280 valence electrons. The van der Waals surface area contributed by atoms with Gasteiger partial charge < -0.3 is 40.9 Å². The van der Waals surface area contributed by atoms with E-state index in [1.165, 1.54) is 9.80 Å². The van der Waals surface area contributed by atoms with Crippen LogP contribution in [0.2, 0.25) is 0 Å². The van der Waals surface area contributed by atoms with Crippen LogP contribution < -0.4 is 11.5 Å². The summed E-state index contributed by atoms with van der Waals surface area (Å²) in [6.07, 6.45) is 2.08. The maximum absolute atomic E-state index is 13.2. The number of nitrogens with zero attached hydrogens (tertiary/aromatic N) is 6. The lowest BCUT2D eigenvalue weighted by molar-refractivity contribution is -0.148. The topological polar surface area (TPSA) is 174 Å². The highest BCUT2D eigenvalue weighted by Gasteiger charge is 2.31. The number of hydrogen-bond acceptors (Lipinski definition) is 8. The molecule has 3 fully saturated rings. The van der Waals surface area contributed by atoms with E-state index in [0.717, 1.165) is 22.3 Å². The number of benzene rings is 2. The lowest BCUT2D eigenvalue weighted by Gasteiger charge is -2.37. The number of amides is 6. The van der Waals surface area contributed by atoms with Crippen LogP contribution in [0, 0.1) is 0 Å². The number of hydrogen-bond donors (Lipinski definition) is 2. The molecule has 14 nitrogen and oxygen atoms in total. The number of piperazine rings is 2. The summed E-state index contributed by atoms with van der Waals surface area (Å²) in [6, 6.07) is 15.8. The molecule has 0 aliphatic carbocycles. The van der Waals surface area contributed by atoms with Crippen LogP contribution in [0.25, 0.3) is 0 Å². The van der Waals surface area contributed by atoms with Gasteiger partial charge in [-0.05, 0) is 35.1 Å². The highest BCUT2D eigenvalue weighted by atomic mass is 16.2. The van der Waals surface area contributed by atoms with Crippen molar-refractivity contribution in [1.29, 1.82) is 0 Å². The van der Waals surface area contributed by atoms with Gasteiger partial charge in [0.1, 0.15) is 0 Å². The SMILES string of the molecule is NCc1ccc(CCC(=O)N2CCN(C(=O)CN3CCC(=O)N(CC(=O)N4CCN(C(=O)CCc5ccc(CN)cc5)CC4)CCC3=O)CC2)cc1. The van der Waals surface area contributed by atoms with E-state index in [0.29, 0.717) is 91.1 Å². The van der Waals surface area contributed by atoms with E-state index in [9.17, 15) is 28.8 Å². The number of rotatable bonds is 12. The highest BCUT2D eigenvalue weighted by Crippen LogP contribution is 2.14. The van der Waals surface area contributed by atoms with E-state index in [1.807, 2.05) is 48.5 Å². The first-order chi connectivity index (χ1) is 25.1. The van der Waals surface area contributed by atoms with Crippen LogP contribution in [0.4, 0.5) is 0 Å². The summed E-state index contributed by atoms with van der Waals surface area (Å²) in [6.45, 7) is 4.18. The Morgan fingerprint density at radius 1 is 0.442 bits per heavy atom. The van der Waals surface area contributed by atoms with Gasteiger partial charge in [0.15, 0.2) is 0 Å². The number of carbonyl (C=O) groups is 6. The smallest absolute Gasteiger partial charge is 0.242 e. The summed E-state index contributed by atoms with van der Waals surface area (Å²) in [7, 11) is 0. The van der Waals surface area contributed by atoms with Crippen LogP contribution in [0.3, 0.4) is 0 Å². The second kappa shape index (κ2) is 18.6. The molecule has 52 heavy (non-hydrogen) atoms. The third-order valence-electron chi connectivity index (χ3n) is 10.3. The average molecular weight is 717 g/mol. The molecule has 0 unspecified atom stereocenters. The van der Waals surface area contributed by atoms with Gasteiger partial charge in [0.25, 0.3) is 0 Å². The molecule has 4 N–H and O–H groups in total. The third kappa shape index (κ3) is 10.6. The van der Waals surface area contributed by atoms with Crippen molar-refractivity contribution in [1.82, 2.24) is 29.4 Å². The van der Waals surface area contributed by atoms with E-state index in [-0.39, 0.29) is 74.5 Å². The van der Waals surface area contributed by atoms with Gasteiger partial charge in [0, 0.05) is 104 Å². The van der Waals surface area contributed by atoms with E-state index >= 15 is 0 Å². The molecule has 0 saturated carbocycles. The van der Waals surface area contributed by atoms with Crippen LogP contribution in [0.1, 0.15) is 47.9 Å². The maximum Gasteiger partial charge on any atom is 0.242 e. The first-order valence-corrected chi connectivity index (χ1v) is 18.4. The molecule has 0 bridgehead atoms. The summed E-state index contributed by atoms with van der Waals surface area (Å²) in [5.74, 6) is -0.809. The zero-order valence-electron chi connectivity index (χ0n) is 30.0. The van der Waals surface area contributed by atoms with Crippen LogP contribution in [0.15, 0.2) is 48.5 Å². The quantitative estimate of drug-likeness (QED) is 0.308. The fourth-order valence-electron chi connectivity index (χ4n) is 6.80. The molecular weight excluding hydrogens is 664 g/mol. The van der Waals surface area contributed by atoms with Crippen molar-refractivity contribution in [2.24, 2.45) is 11.5 Å². The molecule has 14 heteroatoms. The van der Waals surface area contributed by atoms with Crippen molar-refractivity contribution in [2.45, 2.75) is 51.6 Å². The lowest BCUT2D eigenvalue weighted by atomic mass is 10.1. The largest absolute Gasteiger partial charge is 0.339 e. The zero-order valence-corrected chi connectivity index (χ0v) is 30.0. The molecule has 0 spiro atoms. The Bertz CT molecular complexity index is 1450. The van der Waals surface area contributed by atoms with Crippen molar-refractivity contribution < 1.29 is 28.8 Å². The highest BCUT2D eigenvalue weighted by molar-refractivity contribution is 5.89. The molecule has 2 aromatic carbocycles. The van der Waals surface area contributed by atoms with Crippen molar-refractivity contribution >= 4 is 35.4 Å². The summed E-state index contributed by atoms with van der Waals surface area (Å²) in [5.41, 5.74) is 15.6. The van der Waals surface area contributed by atoms with Gasteiger partial charge in [-0.1, -0.05) is 48.5 Å². The van der Waals surface area contributed by atoms with E-state index < -0.39 is 0 Å². The first-order valence-electron chi connectivity index (χ1n) is 18.4. The third-order valence-corrected chi connectivity index (χ3v) is 10.3. The standard InChI is InChI=1S/C38H52N8O6/c39-25-31-5-1-29(2-6-31)9-11-33(47)41-17-21-43(22-18-41)37(51)27-45-15-13-36(50)46(16-14-35(45)49)28-38(52)44-23-19-42(20-24-44)34(48)12-10-30-3-7-32(26-40)8-4-30/h1-8H,9-28,39-40H2. The molecule has 5 rings (SSSR count). The van der Waals surface area contributed by atoms with E-state index in [2.05, 4.69) is 0 Å². The summed E-state index contributed by atoms with van der Waals surface area (Å²) >= 11 is 0. The molecule has 6 amide bonds. The van der Waals surface area contributed by atoms with Gasteiger partial charge in [-0.25, -0.2) is 0 Å². The lowest BCUT2D eigenvalue weighted by Crippen LogP contribution is -2.55. The predicted octanol–water partition coefficient (Wildman–Crippen LogP) is -0.0380. The van der Waals surface area contributed by atoms with Gasteiger partial charge >= 0.3 is 0 Å². The first kappa shape index (κ1) is 38.4. The van der Waals surface area contributed by atoms with Crippen molar-refractivity contribution in [3.05, 3.63) is 70.8 Å². The van der Waals surface area contributed by atoms with Crippen LogP contribution >= 0.6 is 0 Å². The van der Waals surface area contributed by atoms with Gasteiger partial charge in [-0.15, -0.1) is 0 Å². The minimum atomic E-state index is -0.242. The Morgan fingerprint density at radius 2 is 0.731 bits per heavy atom. The normalized spacial score (nSPS) is 17.3. The number of nitrogens with two attached hydrogens (primary N) is 2. The molecule has 3 heterocycles. The Hall–Kier alpha value is -4.82. The zero-order chi connectivity index (χ0) is 37.0. The molecule has 0 radical (unpaired) electrons. The van der Waals surface area contributed by atoms with Crippen molar-refractivity contribution in [3.8, 4) is 0 Å². The fourth-order valence-corrected chi connectivity index (χ4v) is 6.80. The van der Waals surface area contributed by atoms with Crippen LogP contribution in [-0.4, -0.2) is 143 Å². The maximum atomic E-state index is 13.2. The molecule has 3 aliphatic heterocycles. The average Bonchev–Trinajstić information content (AvgIpc) is 3.18. The van der Waals surface area contributed by atoms with E-state index in [1.54, 1.807) is 19.6 Å². The summed E-state index contributed by atoms with van der Waals surface area (Å²) in [5, 5.41) is 0. The molecule has 3 aliphatic rings. The second-order valence-electron chi connectivity index (χ2n) is 13.7. The Kier molecular flexibility index (Phi) is 13.7. The summed E-state index contributed by atoms with van der Waals surface area (Å²) < 4.78 is 0. The second-order valence-corrected chi connectivity index (χ2v) is 13.7. The minimum Gasteiger partial charge on any atom is -0.339 e. The van der Waals surface area contributed by atoms with Crippen molar-refractivity contribution in [3.63, 3.8) is 0 Å². The molecule has 3 saturated heterocycles. The Morgan fingerprint density at radius 3 is 1.04 bits per heavy atom. The molecule has 2 aromatic rings. The monoisotopic (exact) mass is 716 g/mol. The van der Waals surface area contributed by atoms with Gasteiger partial charge in [-0.2, -0.15) is 0 Å². The van der Waals surface area contributed by atoms with Crippen molar-refractivity contribution in [2.75, 3.05) is 78.5 Å². The predicted molar refractivity (Wildman–Crippen MR) is 194 cm³/mol. The molecule has 0 atom stereocenters. The van der Waals surface area contributed by atoms with Gasteiger partial charge in [0.2, 0.25) is 35.4 Å². The Labute approximate surface area is 305 Å². The molecular formula is C38H52N8O6. The van der Waals surface area contributed by atoms with E-state index in [4.69, 9.17) is 11.5 Å². The van der Waals surface area contributed by atoms with Gasteiger partial charge in [-0.3, -0.25) is 28.8 Å². The fraction of sp³-hybridized carbons (Fsp3) is 0.526. The molecule has 0 aromatic heterocycles. The number of aryl methyl sites for hydroxylation is 2. The minimum absolute atomic E-state index is 0.0146. The number of carbonyl (C=O) groups excluding carboxylic acids is 6. The summed E-state index contributed by atoms with van der Waals surface area (Å²) in [4.78, 5) is 87.8. The van der Waals surface area contributed by atoms with Crippen LogP contribution in [0.5, 0.6) is 0 Å². The van der Waals surface area contributed by atoms with Crippen LogP contribution in [-0.2, 0) is 54.7 Å². The Balaban J connectivity index is 0.990. The van der Waals surface area contributed by atoms with Gasteiger partial charge in [0.05, 0.1) is 13.1 Å².